The molecule has 138 valence electrons. The summed E-state index contributed by atoms with van der Waals surface area (Å²) in [6, 6.07) is 8.29. The number of esters is 1. The number of urea groups is 1. The van der Waals surface area contributed by atoms with E-state index in [4.69, 9.17) is 4.74 Å². The van der Waals surface area contributed by atoms with E-state index in [1.165, 1.54) is 5.56 Å². The summed E-state index contributed by atoms with van der Waals surface area (Å²) in [5, 5.41) is 2.97. The minimum atomic E-state index is -0.135. The number of benzene rings is 1. The monoisotopic (exact) mass is 347 g/mol. The zero-order chi connectivity index (χ0) is 18.2. The number of hydrogen-bond donors (Lipinski definition) is 1. The molecule has 0 aliphatic carbocycles. The number of amides is 2. The normalized spacial score (nSPS) is 14.9. The van der Waals surface area contributed by atoms with Crippen molar-refractivity contribution in [2.75, 3.05) is 45.2 Å². The van der Waals surface area contributed by atoms with Crippen LogP contribution in [0.2, 0.25) is 0 Å². The molecule has 1 heterocycles. The Morgan fingerprint density at radius 3 is 2.40 bits per heavy atom. The van der Waals surface area contributed by atoms with E-state index in [1.54, 1.807) is 4.90 Å². The second-order valence-corrected chi connectivity index (χ2v) is 6.56. The second-order valence-electron chi connectivity index (χ2n) is 6.56. The van der Waals surface area contributed by atoms with E-state index < -0.39 is 0 Å². The zero-order valence-corrected chi connectivity index (χ0v) is 15.5. The van der Waals surface area contributed by atoms with E-state index in [0.29, 0.717) is 39.1 Å². The van der Waals surface area contributed by atoms with Crippen LogP contribution in [-0.2, 0) is 16.0 Å². The van der Waals surface area contributed by atoms with Crippen molar-refractivity contribution in [3.63, 3.8) is 0 Å². The van der Waals surface area contributed by atoms with Gasteiger partial charge in [-0.2, -0.15) is 0 Å². The topological polar surface area (TPSA) is 61.9 Å². The first kappa shape index (κ1) is 19.1. The van der Waals surface area contributed by atoms with Crippen LogP contribution in [0.15, 0.2) is 24.3 Å². The molecule has 0 atom stereocenters. The smallest absolute Gasteiger partial charge is 0.317 e. The van der Waals surface area contributed by atoms with Gasteiger partial charge < -0.3 is 19.9 Å². The average Bonchev–Trinajstić information content (AvgIpc) is 2.62. The predicted octanol–water partition coefficient (Wildman–Crippen LogP) is 2.28. The van der Waals surface area contributed by atoms with E-state index >= 15 is 0 Å². The number of nitrogens with zero attached hydrogens (tertiary/aromatic N) is 2. The number of carbonyl (C=O) groups is 2. The van der Waals surface area contributed by atoms with Gasteiger partial charge in [0.1, 0.15) is 0 Å². The summed E-state index contributed by atoms with van der Waals surface area (Å²) < 4.78 is 5.05. The molecule has 6 nitrogen and oxygen atoms in total. The highest BCUT2D eigenvalue weighted by molar-refractivity contribution is 5.76. The van der Waals surface area contributed by atoms with Gasteiger partial charge >= 0.3 is 12.0 Å². The quantitative estimate of drug-likeness (QED) is 0.802. The molecule has 25 heavy (non-hydrogen) atoms. The van der Waals surface area contributed by atoms with Gasteiger partial charge in [-0.15, -0.1) is 0 Å². The summed E-state index contributed by atoms with van der Waals surface area (Å²) in [5.74, 6) is -0.206. The molecule has 1 aliphatic rings. The molecule has 0 saturated carbocycles. The van der Waals surface area contributed by atoms with Crippen LogP contribution in [0.1, 0.15) is 25.3 Å². The van der Waals surface area contributed by atoms with Gasteiger partial charge in [-0.25, -0.2) is 4.79 Å². The lowest BCUT2D eigenvalue weighted by atomic mass is 9.97. The molecular formula is C19H29N3O3. The molecule has 0 spiro atoms. The Balaban J connectivity index is 1.70. The molecule has 1 N–H and O–H groups in total. The van der Waals surface area contributed by atoms with Gasteiger partial charge in [-0.3, -0.25) is 4.79 Å². The third-order valence-corrected chi connectivity index (χ3v) is 4.54. The van der Waals surface area contributed by atoms with Gasteiger partial charge in [0.25, 0.3) is 0 Å². The van der Waals surface area contributed by atoms with E-state index in [0.717, 1.165) is 12.1 Å². The highest BCUT2D eigenvalue weighted by Crippen LogP contribution is 2.18. The lowest BCUT2D eigenvalue weighted by Gasteiger charge is -2.30. The van der Waals surface area contributed by atoms with Crippen molar-refractivity contribution in [1.82, 2.24) is 10.2 Å². The van der Waals surface area contributed by atoms with Crippen LogP contribution < -0.4 is 10.2 Å². The van der Waals surface area contributed by atoms with Crippen molar-refractivity contribution in [2.45, 2.75) is 26.2 Å². The largest absolute Gasteiger partial charge is 0.466 e. The van der Waals surface area contributed by atoms with Crippen LogP contribution in [0.3, 0.4) is 0 Å². The number of rotatable bonds is 6. The van der Waals surface area contributed by atoms with Gasteiger partial charge in [0.15, 0.2) is 0 Å². The Bertz CT molecular complexity index is 564. The molecule has 2 amide bonds. The standard InChI is InChI=1S/C19H29N3O3/c1-4-25-18(23)16-10-13-22(14-11-16)19(24)20-12-9-15-5-7-17(8-6-15)21(2)3/h5-8,16H,4,9-14H2,1-3H3,(H,20,24). The van der Waals surface area contributed by atoms with Crippen molar-refractivity contribution in [1.29, 1.82) is 0 Å². The maximum atomic E-state index is 12.2. The SMILES string of the molecule is CCOC(=O)C1CCN(C(=O)NCCc2ccc(N(C)C)cc2)CC1. The number of ether oxygens (including phenoxy) is 1. The molecule has 0 aromatic heterocycles. The predicted molar refractivity (Wildman–Crippen MR) is 98.8 cm³/mol. The van der Waals surface area contributed by atoms with E-state index in [9.17, 15) is 9.59 Å². The summed E-state index contributed by atoms with van der Waals surface area (Å²) in [6.45, 7) is 4.04. The number of carbonyl (C=O) groups excluding carboxylic acids is 2. The summed E-state index contributed by atoms with van der Waals surface area (Å²) >= 11 is 0. The molecule has 1 saturated heterocycles. The maximum absolute atomic E-state index is 12.2. The molecule has 1 aliphatic heterocycles. The molecule has 0 radical (unpaired) electrons. The van der Waals surface area contributed by atoms with Crippen LogP contribution in [0, 0.1) is 5.92 Å². The van der Waals surface area contributed by atoms with Crippen molar-refractivity contribution in [3.8, 4) is 0 Å². The molecule has 1 aromatic rings. The third kappa shape index (κ3) is 5.66. The summed E-state index contributed by atoms with van der Waals surface area (Å²) in [7, 11) is 4.03. The minimum absolute atomic E-state index is 0.0489. The average molecular weight is 347 g/mol. The fraction of sp³-hybridized carbons (Fsp3) is 0.579. The number of anilines is 1. The van der Waals surface area contributed by atoms with E-state index in [1.807, 2.05) is 21.0 Å². The van der Waals surface area contributed by atoms with Crippen molar-refractivity contribution >= 4 is 17.7 Å². The van der Waals surface area contributed by atoms with Crippen molar-refractivity contribution in [2.24, 2.45) is 5.92 Å². The van der Waals surface area contributed by atoms with E-state index in [2.05, 4.69) is 34.5 Å². The maximum Gasteiger partial charge on any atom is 0.317 e. The van der Waals surface area contributed by atoms with Crippen molar-refractivity contribution < 1.29 is 14.3 Å². The second kappa shape index (κ2) is 9.30. The lowest BCUT2D eigenvalue weighted by molar-refractivity contribution is -0.149. The Hall–Kier alpha value is -2.24. The van der Waals surface area contributed by atoms with Crippen molar-refractivity contribution in [3.05, 3.63) is 29.8 Å². The number of piperidine rings is 1. The fourth-order valence-electron chi connectivity index (χ4n) is 2.96. The first-order valence-corrected chi connectivity index (χ1v) is 8.97. The van der Waals surface area contributed by atoms with Crippen LogP contribution in [0.25, 0.3) is 0 Å². The van der Waals surface area contributed by atoms with Gasteiger partial charge in [0, 0.05) is 39.4 Å². The zero-order valence-electron chi connectivity index (χ0n) is 15.5. The highest BCUT2D eigenvalue weighted by atomic mass is 16.5. The molecule has 0 unspecified atom stereocenters. The van der Waals surface area contributed by atoms with Crippen LogP contribution in [0.5, 0.6) is 0 Å². The summed E-state index contributed by atoms with van der Waals surface area (Å²) in [6.07, 6.45) is 2.16. The molecule has 2 rings (SSSR count). The highest BCUT2D eigenvalue weighted by Gasteiger charge is 2.27. The van der Waals surface area contributed by atoms with Crippen LogP contribution >= 0.6 is 0 Å². The first-order valence-electron chi connectivity index (χ1n) is 8.97. The Labute approximate surface area is 150 Å². The summed E-state index contributed by atoms with van der Waals surface area (Å²) in [4.78, 5) is 27.8. The Kier molecular flexibility index (Phi) is 7.10. The number of hydrogen-bond acceptors (Lipinski definition) is 4. The number of nitrogens with one attached hydrogen (secondary N) is 1. The van der Waals surface area contributed by atoms with Gasteiger partial charge in [-0.1, -0.05) is 12.1 Å². The summed E-state index contributed by atoms with van der Waals surface area (Å²) in [5.41, 5.74) is 2.36. The van der Waals surface area contributed by atoms with Gasteiger partial charge in [-0.05, 0) is 43.9 Å². The van der Waals surface area contributed by atoms with Gasteiger partial charge in [0.2, 0.25) is 0 Å². The minimum Gasteiger partial charge on any atom is -0.466 e. The van der Waals surface area contributed by atoms with Gasteiger partial charge in [0.05, 0.1) is 12.5 Å². The third-order valence-electron chi connectivity index (χ3n) is 4.54. The molecule has 0 bridgehead atoms. The van der Waals surface area contributed by atoms with E-state index in [-0.39, 0.29) is 17.9 Å². The van der Waals surface area contributed by atoms with Crippen LogP contribution in [-0.4, -0.2) is 57.2 Å². The first-order chi connectivity index (χ1) is 12.0. The molecule has 6 heteroatoms. The lowest BCUT2D eigenvalue weighted by Crippen LogP contribution is -2.46. The molecule has 1 aromatic carbocycles. The Morgan fingerprint density at radius 1 is 1.20 bits per heavy atom. The molecular weight excluding hydrogens is 318 g/mol. The Morgan fingerprint density at radius 2 is 1.84 bits per heavy atom. The van der Waals surface area contributed by atoms with Crippen LogP contribution in [0.4, 0.5) is 10.5 Å². The fourth-order valence-corrected chi connectivity index (χ4v) is 2.96. The molecule has 1 fully saturated rings. The number of likely N-dealkylation sites (tertiary alicyclic amines) is 1.